The molecule has 1 aromatic rings. The minimum atomic E-state index is -3.62. The van der Waals surface area contributed by atoms with Gasteiger partial charge in [-0.05, 0) is 30.8 Å². The lowest BCUT2D eigenvalue weighted by atomic mass is 10.0. The largest absolute Gasteiger partial charge is 0.394 e. The number of hydrogen-bond acceptors (Lipinski definition) is 8. The van der Waals surface area contributed by atoms with Gasteiger partial charge >= 0.3 is 0 Å². The highest BCUT2D eigenvalue weighted by atomic mass is 32.2. The Morgan fingerprint density at radius 3 is 2.92 bits per heavy atom. The van der Waals surface area contributed by atoms with Crippen LogP contribution < -0.4 is 4.72 Å². The molecule has 10 heteroatoms. The highest BCUT2D eigenvalue weighted by molar-refractivity contribution is 7.91. The van der Waals surface area contributed by atoms with E-state index in [0.29, 0.717) is 6.61 Å². The van der Waals surface area contributed by atoms with Crippen molar-refractivity contribution in [3.8, 4) is 0 Å². The molecule has 2 saturated heterocycles. The first-order chi connectivity index (χ1) is 12.5. The maximum absolute atomic E-state index is 12.4. The molecule has 2 aliphatic heterocycles. The molecule has 1 aromatic heterocycles. The van der Waals surface area contributed by atoms with Crippen LogP contribution in [0.2, 0.25) is 0 Å². The summed E-state index contributed by atoms with van der Waals surface area (Å²) in [6, 6.07) is 2.98. The quantitative estimate of drug-likeness (QED) is 0.540. The van der Waals surface area contributed by atoms with Crippen LogP contribution in [-0.4, -0.2) is 87.3 Å². The van der Waals surface area contributed by atoms with E-state index in [0.717, 1.165) is 30.7 Å². The van der Waals surface area contributed by atoms with Gasteiger partial charge < -0.3 is 19.7 Å². The number of aliphatic hydroxyl groups excluding tert-OH is 2. The summed E-state index contributed by atoms with van der Waals surface area (Å²) in [5, 5.41) is 21.8. The summed E-state index contributed by atoms with van der Waals surface area (Å²) in [4.78, 5) is 2.13. The first-order valence-electron chi connectivity index (χ1n) is 8.70. The molecule has 5 atom stereocenters. The zero-order valence-electron chi connectivity index (χ0n) is 14.7. The monoisotopic (exact) mass is 406 g/mol. The Morgan fingerprint density at radius 1 is 1.46 bits per heavy atom. The van der Waals surface area contributed by atoms with E-state index in [2.05, 4.69) is 9.62 Å². The van der Waals surface area contributed by atoms with Crippen molar-refractivity contribution in [2.75, 3.05) is 33.4 Å². The molecular weight excluding hydrogens is 380 g/mol. The van der Waals surface area contributed by atoms with Crippen molar-refractivity contribution in [3.05, 3.63) is 17.5 Å². The minimum Gasteiger partial charge on any atom is -0.394 e. The number of thiophene rings is 1. The number of aliphatic hydroxyl groups is 2. The van der Waals surface area contributed by atoms with Crippen LogP contribution in [0.15, 0.2) is 21.7 Å². The Labute approximate surface area is 157 Å². The van der Waals surface area contributed by atoms with E-state index in [9.17, 15) is 18.6 Å². The summed E-state index contributed by atoms with van der Waals surface area (Å²) in [5.41, 5.74) is 0. The summed E-state index contributed by atoms with van der Waals surface area (Å²) in [6.07, 6.45) is -0.216. The molecule has 5 unspecified atom stereocenters. The van der Waals surface area contributed by atoms with Crippen LogP contribution in [0, 0.1) is 0 Å². The molecule has 3 rings (SSSR count). The van der Waals surface area contributed by atoms with E-state index < -0.39 is 28.3 Å². The first-order valence-corrected chi connectivity index (χ1v) is 11.1. The van der Waals surface area contributed by atoms with E-state index >= 15 is 0 Å². The Morgan fingerprint density at radius 2 is 2.27 bits per heavy atom. The van der Waals surface area contributed by atoms with Crippen molar-refractivity contribution < 1.29 is 28.1 Å². The molecule has 0 spiro atoms. The Hall–Kier alpha value is -0.590. The number of sulfonamides is 1. The summed E-state index contributed by atoms with van der Waals surface area (Å²) in [5.74, 6) is 0. The summed E-state index contributed by atoms with van der Waals surface area (Å²) >= 11 is 1.14. The zero-order chi connectivity index (χ0) is 18.7. The maximum atomic E-state index is 12.4. The van der Waals surface area contributed by atoms with Gasteiger partial charge in [-0.1, -0.05) is 6.07 Å². The molecule has 0 bridgehead atoms. The van der Waals surface area contributed by atoms with Crippen LogP contribution >= 0.6 is 11.3 Å². The highest BCUT2D eigenvalue weighted by Crippen LogP contribution is 2.31. The molecule has 8 nitrogen and oxygen atoms in total. The van der Waals surface area contributed by atoms with Crippen molar-refractivity contribution in [1.82, 2.24) is 9.62 Å². The Balaban J connectivity index is 1.73. The van der Waals surface area contributed by atoms with Gasteiger partial charge in [0, 0.05) is 19.7 Å². The van der Waals surface area contributed by atoms with Crippen LogP contribution in [0.1, 0.15) is 12.8 Å². The molecular formula is C16H26N2O6S2. The van der Waals surface area contributed by atoms with Gasteiger partial charge in [0.05, 0.1) is 25.4 Å². The number of nitrogens with zero attached hydrogens (tertiary/aromatic N) is 1. The topological polar surface area (TPSA) is 108 Å². The Kier molecular flexibility index (Phi) is 6.68. The highest BCUT2D eigenvalue weighted by Gasteiger charge is 2.49. The summed E-state index contributed by atoms with van der Waals surface area (Å²) in [7, 11) is -1.98. The van der Waals surface area contributed by atoms with Crippen molar-refractivity contribution in [2.45, 2.75) is 47.4 Å². The average Bonchev–Trinajstić information content (AvgIpc) is 3.34. The predicted octanol–water partition coefficient (Wildman–Crippen LogP) is -0.374. The molecule has 0 aliphatic carbocycles. The lowest BCUT2D eigenvalue weighted by molar-refractivity contribution is -0.0201. The second-order valence-electron chi connectivity index (χ2n) is 6.65. The van der Waals surface area contributed by atoms with Gasteiger partial charge in [-0.25, -0.2) is 13.1 Å². The van der Waals surface area contributed by atoms with E-state index in [1.54, 1.807) is 24.6 Å². The minimum absolute atomic E-state index is 0.0364. The van der Waals surface area contributed by atoms with Gasteiger partial charge in [-0.15, -0.1) is 11.3 Å². The molecule has 2 aliphatic rings. The summed E-state index contributed by atoms with van der Waals surface area (Å²) < 4.78 is 38.6. The molecule has 148 valence electrons. The SMILES string of the molecule is COCC1CCCN1C1C(CNS(=O)(=O)c2cccs2)OC(CO)C1O. The number of methoxy groups -OCH3 is 1. The van der Waals surface area contributed by atoms with Crippen molar-refractivity contribution in [2.24, 2.45) is 0 Å². The Bertz CT molecular complexity index is 668. The lowest BCUT2D eigenvalue weighted by Gasteiger charge is -2.34. The van der Waals surface area contributed by atoms with Gasteiger partial charge in [0.2, 0.25) is 10.0 Å². The standard InChI is InChI=1S/C16H26N2O6S2/c1-23-10-11-4-2-6-18(11)15-12(24-13(9-19)16(15)20)8-17-26(21,22)14-5-3-7-25-14/h3,5,7,11-13,15-17,19-20H,2,4,6,8-10H2,1H3. The van der Waals surface area contributed by atoms with E-state index in [4.69, 9.17) is 9.47 Å². The molecule has 3 heterocycles. The fourth-order valence-electron chi connectivity index (χ4n) is 3.86. The molecule has 3 N–H and O–H groups in total. The number of nitrogens with one attached hydrogen (secondary N) is 1. The normalized spacial score (nSPS) is 33.1. The third kappa shape index (κ3) is 4.12. The van der Waals surface area contributed by atoms with Crippen LogP contribution in [0.4, 0.5) is 0 Å². The smallest absolute Gasteiger partial charge is 0.250 e. The lowest BCUT2D eigenvalue weighted by Crippen LogP contribution is -2.53. The molecule has 2 fully saturated rings. The van der Waals surface area contributed by atoms with E-state index in [-0.39, 0.29) is 29.4 Å². The van der Waals surface area contributed by atoms with Crippen molar-refractivity contribution in [1.29, 1.82) is 0 Å². The van der Waals surface area contributed by atoms with Gasteiger partial charge in [0.1, 0.15) is 16.4 Å². The molecule has 26 heavy (non-hydrogen) atoms. The average molecular weight is 407 g/mol. The zero-order valence-corrected chi connectivity index (χ0v) is 16.3. The van der Waals surface area contributed by atoms with Gasteiger partial charge in [-0.3, -0.25) is 4.90 Å². The van der Waals surface area contributed by atoms with Crippen LogP contribution in [0.5, 0.6) is 0 Å². The van der Waals surface area contributed by atoms with Crippen LogP contribution in [0.25, 0.3) is 0 Å². The van der Waals surface area contributed by atoms with Crippen LogP contribution in [-0.2, 0) is 19.5 Å². The second kappa shape index (κ2) is 8.61. The second-order valence-corrected chi connectivity index (χ2v) is 9.59. The molecule has 0 saturated carbocycles. The maximum Gasteiger partial charge on any atom is 0.250 e. The number of rotatable bonds is 8. The number of hydrogen-bond donors (Lipinski definition) is 3. The summed E-state index contributed by atoms with van der Waals surface area (Å²) in [6.45, 7) is 1.05. The third-order valence-electron chi connectivity index (χ3n) is 5.04. The van der Waals surface area contributed by atoms with Crippen molar-refractivity contribution >= 4 is 21.4 Å². The van der Waals surface area contributed by atoms with Gasteiger partial charge in [0.25, 0.3) is 0 Å². The fourth-order valence-corrected chi connectivity index (χ4v) is 5.94. The van der Waals surface area contributed by atoms with Gasteiger partial charge in [-0.2, -0.15) is 0 Å². The van der Waals surface area contributed by atoms with Gasteiger partial charge in [0.15, 0.2) is 0 Å². The molecule has 0 radical (unpaired) electrons. The van der Waals surface area contributed by atoms with Crippen LogP contribution in [0.3, 0.4) is 0 Å². The fraction of sp³-hybridized carbons (Fsp3) is 0.750. The van der Waals surface area contributed by atoms with E-state index in [1.165, 1.54) is 0 Å². The number of ether oxygens (including phenoxy) is 2. The van der Waals surface area contributed by atoms with Crippen molar-refractivity contribution in [3.63, 3.8) is 0 Å². The third-order valence-corrected chi connectivity index (χ3v) is 7.86. The number of likely N-dealkylation sites (tertiary alicyclic amines) is 1. The first kappa shape index (κ1) is 20.2. The molecule has 0 aromatic carbocycles. The molecule has 0 amide bonds. The predicted molar refractivity (Wildman–Crippen MR) is 96.7 cm³/mol. The van der Waals surface area contributed by atoms with E-state index in [1.807, 2.05) is 0 Å².